The van der Waals surface area contributed by atoms with E-state index in [4.69, 9.17) is 58.0 Å². The molecule has 8 unspecified atom stereocenters. The Balaban J connectivity index is 5.14. The van der Waals surface area contributed by atoms with Crippen molar-refractivity contribution in [2.45, 2.75) is 68.1 Å². The molecule has 0 aromatic heterocycles. The molecule has 61 heavy (non-hydrogen) atoms. The summed E-state index contributed by atoms with van der Waals surface area (Å²) in [5.41, 5.74) is -1.47. The van der Waals surface area contributed by atoms with E-state index >= 15 is 0 Å². The summed E-state index contributed by atoms with van der Waals surface area (Å²) in [5.74, 6) is -1.23. The summed E-state index contributed by atoms with van der Waals surface area (Å²) in [6.07, 6.45) is -6.12. The summed E-state index contributed by atoms with van der Waals surface area (Å²) >= 11 is 0. The van der Waals surface area contributed by atoms with Crippen molar-refractivity contribution in [2.75, 3.05) is 152 Å². The first-order valence-corrected chi connectivity index (χ1v) is 20.4. The van der Waals surface area contributed by atoms with Gasteiger partial charge in [0.05, 0.1) is 99.1 Å². The summed E-state index contributed by atoms with van der Waals surface area (Å²) < 4.78 is 49.0. The molecule has 0 bridgehead atoms. The lowest BCUT2D eigenvalue weighted by atomic mass is 10.0. The summed E-state index contributed by atoms with van der Waals surface area (Å²) in [6.45, 7) is 2.37. The molecule has 12 N–H and O–H groups in total. The molecule has 8 atom stereocenters. The fourth-order valence-electron chi connectivity index (χ4n) is 5.09. The van der Waals surface area contributed by atoms with E-state index in [2.05, 4.69) is 11.9 Å². The zero-order valence-corrected chi connectivity index (χ0v) is 35.5. The van der Waals surface area contributed by atoms with Gasteiger partial charge in [0.15, 0.2) is 0 Å². The maximum absolute atomic E-state index is 11.5. The average molecular weight is 896 g/mol. The first-order valence-electron chi connectivity index (χ1n) is 20.4. The summed E-state index contributed by atoms with van der Waals surface area (Å²) in [7, 11) is 0. The highest BCUT2D eigenvalue weighted by Crippen LogP contribution is 2.11. The molecule has 0 radical (unpaired) electrons. The molecule has 0 heterocycles. The van der Waals surface area contributed by atoms with Crippen LogP contribution in [-0.2, 0) is 52.2 Å². The third kappa shape index (κ3) is 34.1. The minimum atomic E-state index is -1.47. The van der Waals surface area contributed by atoms with Crippen LogP contribution in [0.25, 0.3) is 0 Å². The lowest BCUT2D eigenvalue weighted by Crippen LogP contribution is -3.14. The largest absolute Gasteiger partial charge is 0.463 e. The van der Waals surface area contributed by atoms with Crippen LogP contribution < -0.4 is 10.2 Å². The molecule has 0 spiro atoms. The summed E-state index contributed by atoms with van der Waals surface area (Å²) in [6, 6.07) is 0. The molecule has 0 aliphatic carbocycles. The van der Waals surface area contributed by atoms with Gasteiger partial charge in [-0.05, 0) is 0 Å². The van der Waals surface area contributed by atoms with Gasteiger partial charge >= 0.3 is 11.9 Å². The van der Waals surface area contributed by atoms with Crippen LogP contribution in [0.5, 0.6) is 0 Å². The number of aliphatic hydroxyl groups is 10. The van der Waals surface area contributed by atoms with Crippen LogP contribution >= 0.6 is 0 Å². The number of rotatable bonds is 44. The van der Waals surface area contributed by atoms with E-state index in [1.165, 1.54) is 0 Å². The zero-order chi connectivity index (χ0) is 45.7. The third-order valence-corrected chi connectivity index (χ3v) is 8.27. The van der Waals surface area contributed by atoms with Crippen LogP contribution in [0.2, 0.25) is 0 Å². The van der Waals surface area contributed by atoms with Crippen molar-refractivity contribution < 1.29 is 108 Å². The molecule has 0 fully saturated rings. The molecule has 362 valence electrons. The molecule has 0 aromatic rings. The van der Waals surface area contributed by atoms with Crippen LogP contribution in [0.3, 0.4) is 0 Å². The standard InChI is InChI=1S/C38H74N2O21/c1-3-36(50)60-21-32(48)19-58-34(23-54-16-30(46)15-53-14-29(45)13-40(7-11-43)8-12-44)24-55-17-31(47)18-56-25-35(59-20-33(49)22-61-37(51)4-2)26-57-28-38(52,5-9-41)27-39-6-10-42/h4,29-35,39,41-49,52H,2-3,5-28H2,1H3/p+1. The predicted molar refractivity (Wildman–Crippen MR) is 212 cm³/mol. The van der Waals surface area contributed by atoms with Gasteiger partial charge in [-0.2, -0.15) is 0 Å². The zero-order valence-electron chi connectivity index (χ0n) is 35.5. The first-order chi connectivity index (χ1) is 29.2. The second-order valence-electron chi connectivity index (χ2n) is 14.2. The highest BCUT2D eigenvalue weighted by atomic mass is 16.6. The van der Waals surface area contributed by atoms with Gasteiger partial charge in [0.1, 0.15) is 81.2 Å². The Morgan fingerprint density at radius 2 is 1.08 bits per heavy atom. The van der Waals surface area contributed by atoms with Gasteiger partial charge in [0, 0.05) is 38.6 Å². The van der Waals surface area contributed by atoms with Crippen LogP contribution in [0.4, 0.5) is 0 Å². The number of quaternary nitrogens is 1. The van der Waals surface area contributed by atoms with E-state index in [0.29, 0.717) is 13.1 Å². The highest BCUT2D eigenvalue weighted by Gasteiger charge is 2.27. The Labute approximate surface area is 357 Å². The number of esters is 2. The fraction of sp³-hybridized carbons (Fsp3) is 0.895. The van der Waals surface area contributed by atoms with Crippen LogP contribution in [0.1, 0.15) is 19.8 Å². The fourth-order valence-corrected chi connectivity index (χ4v) is 5.09. The van der Waals surface area contributed by atoms with Crippen molar-refractivity contribution in [3.05, 3.63) is 12.7 Å². The van der Waals surface area contributed by atoms with Gasteiger partial charge in [0.2, 0.25) is 0 Å². The molecule has 0 aliphatic heterocycles. The second kappa shape index (κ2) is 38.4. The van der Waals surface area contributed by atoms with Crippen molar-refractivity contribution in [3.63, 3.8) is 0 Å². The van der Waals surface area contributed by atoms with E-state index < -0.39 is 60.3 Å². The predicted octanol–water partition coefficient (Wildman–Crippen LogP) is -7.11. The van der Waals surface area contributed by atoms with Crippen molar-refractivity contribution in [1.29, 1.82) is 0 Å². The van der Waals surface area contributed by atoms with E-state index in [1.54, 1.807) is 6.92 Å². The molecule has 0 rings (SSSR count). The molecule has 0 amide bonds. The number of carbonyl (C=O) groups is 2. The minimum Gasteiger partial charge on any atom is -0.463 e. The Hall–Kier alpha value is -2.08. The molecule has 0 saturated carbocycles. The van der Waals surface area contributed by atoms with Crippen molar-refractivity contribution in [2.24, 2.45) is 0 Å². The van der Waals surface area contributed by atoms with Crippen LogP contribution in [0.15, 0.2) is 12.7 Å². The number of hydrogen-bond donors (Lipinski definition) is 12. The van der Waals surface area contributed by atoms with Gasteiger partial charge in [-0.25, -0.2) is 4.79 Å². The molecule has 0 saturated heterocycles. The first kappa shape index (κ1) is 58.9. The molecule has 23 nitrogen and oxygen atoms in total. The number of ether oxygens (including phenoxy) is 9. The molecule has 0 aliphatic rings. The molecular formula is C38H75N2O21+. The maximum atomic E-state index is 11.5. The number of hydrogen-bond acceptors (Lipinski definition) is 22. The highest BCUT2D eigenvalue weighted by molar-refractivity contribution is 5.81. The van der Waals surface area contributed by atoms with E-state index in [-0.39, 0.29) is 151 Å². The van der Waals surface area contributed by atoms with Crippen molar-refractivity contribution in [3.8, 4) is 0 Å². The van der Waals surface area contributed by atoms with E-state index in [1.807, 2.05) is 0 Å². The van der Waals surface area contributed by atoms with Gasteiger partial charge in [-0.1, -0.05) is 13.5 Å². The molecular weight excluding hydrogens is 820 g/mol. The Morgan fingerprint density at radius 3 is 1.54 bits per heavy atom. The molecule has 0 aromatic carbocycles. The van der Waals surface area contributed by atoms with Crippen molar-refractivity contribution >= 4 is 11.9 Å². The Bertz CT molecular complexity index is 1060. The summed E-state index contributed by atoms with van der Waals surface area (Å²) in [5, 5.41) is 102. The Morgan fingerprint density at radius 1 is 0.623 bits per heavy atom. The molecule has 23 heteroatoms. The Kier molecular flexibility index (Phi) is 37.1. The lowest BCUT2D eigenvalue weighted by molar-refractivity contribution is -0.903. The van der Waals surface area contributed by atoms with Gasteiger partial charge in [-0.15, -0.1) is 0 Å². The average Bonchev–Trinajstić information content (AvgIpc) is 3.22. The lowest BCUT2D eigenvalue weighted by Gasteiger charge is -2.29. The maximum Gasteiger partial charge on any atom is 0.330 e. The van der Waals surface area contributed by atoms with Crippen LogP contribution in [0, 0.1) is 0 Å². The smallest absolute Gasteiger partial charge is 0.330 e. The second-order valence-corrected chi connectivity index (χ2v) is 14.2. The topological polar surface area (TPSA) is 336 Å². The third-order valence-electron chi connectivity index (χ3n) is 8.27. The quantitative estimate of drug-likeness (QED) is 0.0154. The normalized spacial score (nSPS) is 16.3. The van der Waals surface area contributed by atoms with E-state index in [9.17, 15) is 45.3 Å². The van der Waals surface area contributed by atoms with Gasteiger partial charge in [0.25, 0.3) is 0 Å². The SMILES string of the molecule is C=CC(=O)OCC(O)COC(COCC(O)COCC(COCC(O)COCC(O)C[NH+](CCO)CCO)OCC(O)COC(=O)CC)COCC(O)(CCO)CNCCO. The van der Waals surface area contributed by atoms with Crippen LogP contribution in [-0.4, -0.2) is 263 Å². The van der Waals surface area contributed by atoms with Gasteiger partial charge < -0.3 is 104 Å². The van der Waals surface area contributed by atoms with E-state index in [0.717, 1.165) is 11.0 Å². The number of aliphatic hydroxyl groups excluding tert-OH is 9. The van der Waals surface area contributed by atoms with Crippen molar-refractivity contribution in [1.82, 2.24) is 5.32 Å². The number of carbonyl (C=O) groups excluding carboxylic acids is 2. The number of nitrogens with one attached hydrogen (secondary N) is 2. The monoisotopic (exact) mass is 895 g/mol. The van der Waals surface area contributed by atoms with Gasteiger partial charge in [-0.3, -0.25) is 4.79 Å². The summed E-state index contributed by atoms with van der Waals surface area (Å²) in [4.78, 5) is 23.6. The minimum absolute atomic E-state index is 0.0205.